The molecule has 1 aliphatic heterocycles. The maximum atomic E-state index is 12.1. The Balaban J connectivity index is 1.81. The van der Waals surface area contributed by atoms with Gasteiger partial charge >= 0.3 is 6.03 Å². The molecule has 1 heterocycles. The van der Waals surface area contributed by atoms with Gasteiger partial charge in [-0.05, 0) is 25.3 Å². The quantitative estimate of drug-likeness (QED) is 0.851. The Morgan fingerprint density at radius 2 is 1.81 bits per heavy atom. The molecule has 3 amide bonds. The average Bonchev–Trinajstić information content (AvgIpc) is 2.65. The van der Waals surface area contributed by atoms with E-state index in [4.69, 9.17) is 0 Å². The topological polar surface area (TPSA) is 61.4 Å². The van der Waals surface area contributed by atoms with E-state index in [1.807, 2.05) is 42.5 Å². The number of amides is 3. The molecule has 1 saturated heterocycles. The first-order valence-electron chi connectivity index (χ1n) is 6.85. The molecule has 3 rings (SSSR count). The van der Waals surface area contributed by atoms with Crippen molar-refractivity contribution >= 4 is 28.4 Å². The first kappa shape index (κ1) is 13.4. The summed E-state index contributed by atoms with van der Waals surface area (Å²) < 4.78 is 0. The molecule has 5 heteroatoms. The van der Waals surface area contributed by atoms with E-state index < -0.39 is 5.54 Å². The number of urea groups is 1. The highest BCUT2D eigenvalue weighted by Gasteiger charge is 2.43. The van der Waals surface area contributed by atoms with Crippen molar-refractivity contribution in [3.05, 3.63) is 42.5 Å². The molecule has 2 aromatic rings. The molecule has 0 atom stereocenters. The van der Waals surface area contributed by atoms with E-state index >= 15 is 0 Å². The van der Waals surface area contributed by atoms with Gasteiger partial charge in [-0.1, -0.05) is 36.4 Å². The van der Waals surface area contributed by atoms with E-state index in [0.29, 0.717) is 0 Å². The lowest BCUT2D eigenvalue weighted by molar-refractivity contribution is -0.129. The number of benzene rings is 2. The van der Waals surface area contributed by atoms with E-state index in [1.165, 1.54) is 4.90 Å². The number of carbonyl (C=O) groups is 2. The monoisotopic (exact) mass is 283 g/mol. The van der Waals surface area contributed by atoms with Gasteiger partial charge in [-0.2, -0.15) is 0 Å². The lowest BCUT2D eigenvalue weighted by atomic mass is 10.1. The van der Waals surface area contributed by atoms with Crippen LogP contribution in [0, 0.1) is 0 Å². The maximum absolute atomic E-state index is 12.1. The van der Waals surface area contributed by atoms with Crippen LogP contribution in [-0.2, 0) is 4.79 Å². The number of nitrogens with zero attached hydrogens (tertiary/aromatic N) is 1. The number of hydrogen-bond donors (Lipinski definition) is 2. The van der Waals surface area contributed by atoms with Gasteiger partial charge < -0.3 is 10.6 Å². The Hall–Kier alpha value is -2.56. The summed E-state index contributed by atoms with van der Waals surface area (Å²) in [6.45, 7) is 3.55. The molecule has 0 spiro atoms. The normalized spacial score (nSPS) is 17.1. The number of nitrogens with one attached hydrogen (secondary N) is 2. The SMILES string of the molecule is CC1(C)NC(=O)N(CNc2cccc3ccccc23)C1=O. The zero-order valence-electron chi connectivity index (χ0n) is 12.0. The van der Waals surface area contributed by atoms with Crippen LogP contribution in [0.5, 0.6) is 0 Å². The van der Waals surface area contributed by atoms with Gasteiger partial charge in [-0.25, -0.2) is 9.69 Å². The summed E-state index contributed by atoms with van der Waals surface area (Å²) in [7, 11) is 0. The molecule has 5 nitrogen and oxygen atoms in total. The number of fused-ring (bicyclic) bond motifs is 1. The van der Waals surface area contributed by atoms with E-state index in [-0.39, 0.29) is 18.6 Å². The van der Waals surface area contributed by atoms with Gasteiger partial charge in [-0.15, -0.1) is 0 Å². The van der Waals surface area contributed by atoms with Crippen molar-refractivity contribution in [3.8, 4) is 0 Å². The van der Waals surface area contributed by atoms with Gasteiger partial charge in [0.1, 0.15) is 5.54 Å². The van der Waals surface area contributed by atoms with Crippen molar-refractivity contribution in [2.75, 3.05) is 12.0 Å². The average molecular weight is 283 g/mol. The zero-order chi connectivity index (χ0) is 15.0. The number of rotatable bonds is 3. The Labute approximate surface area is 122 Å². The third-order valence-electron chi connectivity index (χ3n) is 3.66. The van der Waals surface area contributed by atoms with E-state index in [1.54, 1.807) is 13.8 Å². The summed E-state index contributed by atoms with van der Waals surface area (Å²) in [6, 6.07) is 13.5. The fourth-order valence-electron chi connectivity index (χ4n) is 2.51. The third kappa shape index (κ3) is 2.31. The van der Waals surface area contributed by atoms with Gasteiger partial charge in [0.2, 0.25) is 0 Å². The van der Waals surface area contributed by atoms with Crippen LogP contribution in [0.4, 0.5) is 10.5 Å². The summed E-state index contributed by atoms with van der Waals surface area (Å²) in [5.74, 6) is -0.222. The first-order chi connectivity index (χ1) is 9.99. The standard InChI is InChI=1S/C16H17N3O2/c1-16(2)14(20)19(15(21)18-16)10-17-13-9-5-7-11-6-3-4-8-12(11)13/h3-9,17H,10H2,1-2H3,(H,18,21). The summed E-state index contributed by atoms with van der Waals surface area (Å²) in [5.41, 5.74) is 0.0655. The summed E-state index contributed by atoms with van der Waals surface area (Å²) >= 11 is 0. The molecule has 2 aromatic carbocycles. The van der Waals surface area contributed by atoms with Crippen LogP contribution < -0.4 is 10.6 Å². The molecule has 1 fully saturated rings. The van der Waals surface area contributed by atoms with Crippen molar-refractivity contribution in [2.24, 2.45) is 0 Å². The van der Waals surface area contributed by atoms with E-state index in [9.17, 15) is 9.59 Å². The number of anilines is 1. The second-order valence-corrected chi connectivity index (χ2v) is 5.65. The molecular weight excluding hydrogens is 266 g/mol. The molecule has 0 bridgehead atoms. The fourth-order valence-corrected chi connectivity index (χ4v) is 2.51. The van der Waals surface area contributed by atoms with Crippen molar-refractivity contribution < 1.29 is 9.59 Å². The number of carbonyl (C=O) groups excluding carboxylic acids is 2. The van der Waals surface area contributed by atoms with Gasteiger partial charge in [0.15, 0.2) is 0 Å². The zero-order valence-corrected chi connectivity index (χ0v) is 12.0. The molecule has 0 radical (unpaired) electrons. The predicted molar refractivity (Wildman–Crippen MR) is 81.9 cm³/mol. The Bertz CT molecular complexity index is 719. The van der Waals surface area contributed by atoms with Crippen LogP contribution in [0.15, 0.2) is 42.5 Å². The van der Waals surface area contributed by atoms with Gasteiger partial charge in [0.05, 0.1) is 6.67 Å². The first-order valence-corrected chi connectivity index (χ1v) is 6.85. The lowest BCUT2D eigenvalue weighted by Gasteiger charge is -2.17. The smallest absolute Gasteiger partial charge is 0.326 e. The van der Waals surface area contributed by atoms with Crippen LogP contribution in [0.1, 0.15) is 13.8 Å². The Morgan fingerprint density at radius 3 is 2.52 bits per heavy atom. The van der Waals surface area contributed by atoms with Crippen molar-refractivity contribution in [1.82, 2.24) is 10.2 Å². The van der Waals surface area contributed by atoms with Crippen LogP contribution in [0.3, 0.4) is 0 Å². The highest BCUT2D eigenvalue weighted by atomic mass is 16.2. The molecule has 21 heavy (non-hydrogen) atoms. The molecule has 1 aliphatic rings. The van der Waals surface area contributed by atoms with Crippen LogP contribution in [0.2, 0.25) is 0 Å². The van der Waals surface area contributed by atoms with Crippen molar-refractivity contribution in [2.45, 2.75) is 19.4 Å². The summed E-state index contributed by atoms with van der Waals surface area (Å²) in [4.78, 5) is 25.2. The van der Waals surface area contributed by atoms with Gasteiger partial charge in [-0.3, -0.25) is 4.79 Å². The minimum absolute atomic E-state index is 0.155. The van der Waals surface area contributed by atoms with Crippen LogP contribution >= 0.6 is 0 Å². The minimum Gasteiger partial charge on any atom is -0.367 e. The van der Waals surface area contributed by atoms with Crippen LogP contribution in [-0.4, -0.2) is 29.0 Å². The molecule has 0 saturated carbocycles. The Kier molecular flexibility index (Phi) is 3.05. The summed E-state index contributed by atoms with van der Waals surface area (Å²) in [5, 5.41) is 8.01. The van der Waals surface area contributed by atoms with E-state index in [0.717, 1.165) is 16.5 Å². The Morgan fingerprint density at radius 1 is 1.10 bits per heavy atom. The third-order valence-corrected chi connectivity index (χ3v) is 3.66. The molecule has 0 aromatic heterocycles. The minimum atomic E-state index is -0.836. The number of imide groups is 1. The highest BCUT2D eigenvalue weighted by molar-refractivity contribution is 6.06. The van der Waals surface area contributed by atoms with Gasteiger partial charge in [0, 0.05) is 11.1 Å². The second kappa shape index (κ2) is 4.77. The van der Waals surface area contributed by atoms with Gasteiger partial charge in [0.25, 0.3) is 5.91 Å². The predicted octanol–water partition coefficient (Wildman–Crippen LogP) is 2.54. The molecule has 0 unspecified atom stereocenters. The lowest BCUT2D eigenvalue weighted by Crippen LogP contribution is -2.41. The van der Waals surface area contributed by atoms with Crippen LogP contribution in [0.25, 0.3) is 10.8 Å². The van der Waals surface area contributed by atoms with E-state index in [2.05, 4.69) is 10.6 Å². The summed E-state index contributed by atoms with van der Waals surface area (Å²) in [6.07, 6.45) is 0. The second-order valence-electron chi connectivity index (χ2n) is 5.65. The maximum Gasteiger partial charge on any atom is 0.326 e. The fraction of sp³-hybridized carbons (Fsp3) is 0.250. The highest BCUT2D eigenvalue weighted by Crippen LogP contribution is 2.23. The largest absolute Gasteiger partial charge is 0.367 e. The molecule has 0 aliphatic carbocycles. The molecule has 2 N–H and O–H groups in total. The molecular formula is C16H17N3O2. The van der Waals surface area contributed by atoms with Crippen molar-refractivity contribution in [3.63, 3.8) is 0 Å². The van der Waals surface area contributed by atoms with Crippen molar-refractivity contribution in [1.29, 1.82) is 0 Å². The number of hydrogen-bond acceptors (Lipinski definition) is 3. The molecule has 108 valence electrons.